The zero-order valence-electron chi connectivity index (χ0n) is 17.1. The summed E-state index contributed by atoms with van der Waals surface area (Å²) in [5.74, 6) is 0.307. The quantitative estimate of drug-likeness (QED) is 0.299. The van der Waals surface area contributed by atoms with E-state index in [1.807, 2.05) is 109 Å². The van der Waals surface area contributed by atoms with Gasteiger partial charge in [0.25, 0.3) is 5.91 Å². The van der Waals surface area contributed by atoms with E-state index in [9.17, 15) is 4.79 Å². The molecule has 0 aliphatic rings. The van der Waals surface area contributed by atoms with Crippen molar-refractivity contribution in [3.8, 4) is 0 Å². The van der Waals surface area contributed by atoms with E-state index in [-0.39, 0.29) is 5.91 Å². The van der Waals surface area contributed by atoms with Gasteiger partial charge in [-0.3, -0.25) is 9.48 Å². The Kier molecular flexibility index (Phi) is 6.29. The molecule has 154 valence electrons. The Morgan fingerprint density at radius 2 is 1.68 bits per heavy atom. The van der Waals surface area contributed by atoms with Crippen LogP contribution in [0.25, 0.3) is 11.6 Å². The highest BCUT2D eigenvalue weighted by atomic mass is 35.5. The zero-order valence-corrected chi connectivity index (χ0v) is 17.9. The molecule has 4 rings (SSSR count). The summed E-state index contributed by atoms with van der Waals surface area (Å²) in [7, 11) is 0. The highest BCUT2D eigenvalue weighted by Crippen LogP contribution is 2.21. The number of carbonyl (C=O) groups excluding carboxylic acids is 1. The van der Waals surface area contributed by atoms with Gasteiger partial charge >= 0.3 is 0 Å². The Morgan fingerprint density at radius 1 is 0.968 bits per heavy atom. The minimum absolute atomic E-state index is 0.206. The van der Waals surface area contributed by atoms with Crippen molar-refractivity contribution in [2.45, 2.75) is 13.5 Å². The van der Waals surface area contributed by atoms with Crippen molar-refractivity contribution in [1.29, 1.82) is 0 Å². The first kappa shape index (κ1) is 20.6. The van der Waals surface area contributed by atoms with Gasteiger partial charge < -0.3 is 5.32 Å². The van der Waals surface area contributed by atoms with Crippen molar-refractivity contribution in [2.75, 3.05) is 5.32 Å². The van der Waals surface area contributed by atoms with Gasteiger partial charge in [-0.2, -0.15) is 5.10 Å². The number of rotatable bonds is 6. The highest BCUT2D eigenvalue weighted by Gasteiger charge is 2.15. The number of nitrogens with zero attached hydrogens (tertiary/aromatic N) is 2. The summed E-state index contributed by atoms with van der Waals surface area (Å²) >= 11 is 6.09. The lowest BCUT2D eigenvalue weighted by atomic mass is 10.0. The molecule has 0 bridgehead atoms. The molecule has 0 atom stereocenters. The fraction of sp³-hybridized carbons (Fsp3) is 0.0769. The number of anilines is 1. The smallest absolute Gasteiger partial charge is 0.257 e. The van der Waals surface area contributed by atoms with Crippen LogP contribution in [-0.4, -0.2) is 15.7 Å². The Balaban J connectivity index is 1.58. The molecule has 4 nitrogen and oxygen atoms in total. The van der Waals surface area contributed by atoms with E-state index in [0.717, 1.165) is 22.4 Å². The van der Waals surface area contributed by atoms with E-state index in [0.29, 0.717) is 23.0 Å². The lowest BCUT2D eigenvalue weighted by molar-refractivity contribution is -0.111. The summed E-state index contributed by atoms with van der Waals surface area (Å²) in [6, 6.07) is 29.0. The SMILES string of the molecule is Cc1cc(NC(=O)/C(=C\c2ccccc2)c2ccccc2)nn1Cc1cccc(Cl)c1. The van der Waals surface area contributed by atoms with Crippen molar-refractivity contribution in [2.24, 2.45) is 0 Å². The minimum atomic E-state index is -0.206. The van der Waals surface area contributed by atoms with Crippen molar-refractivity contribution < 1.29 is 4.79 Å². The minimum Gasteiger partial charge on any atom is -0.305 e. The largest absolute Gasteiger partial charge is 0.305 e. The van der Waals surface area contributed by atoms with E-state index in [1.54, 1.807) is 0 Å². The Morgan fingerprint density at radius 3 is 2.39 bits per heavy atom. The van der Waals surface area contributed by atoms with Gasteiger partial charge in [0.05, 0.1) is 6.54 Å². The summed E-state index contributed by atoms with van der Waals surface area (Å²) in [6.07, 6.45) is 1.89. The van der Waals surface area contributed by atoms with Crippen LogP contribution in [0.5, 0.6) is 0 Å². The maximum Gasteiger partial charge on any atom is 0.257 e. The number of aromatic nitrogens is 2. The first-order chi connectivity index (χ1) is 15.1. The summed E-state index contributed by atoms with van der Waals surface area (Å²) in [5.41, 5.74) is 4.38. The molecule has 4 aromatic rings. The highest BCUT2D eigenvalue weighted by molar-refractivity contribution is 6.30. The van der Waals surface area contributed by atoms with Crippen LogP contribution >= 0.6 is 11.6 Å². The van der Waals surface area contributed by atoms with Crippen LogP contribution < -0.4 is 5.32 Å². The fourth-order valence-corrected chi connectivity index (χ4v) is 3.55. The topological polar surface area (TPSA) is 46.9 Å². The Hall–Kier alpha value is -3.63. The molecule has 1 amide bonds. The van der Waals surface area contributed by atoms with Crippen molar-refractivity contribution in [3.05, 3.63) is 118 Å². The second-order valence-corrected chi connectivity index (χ2v) is 7.68. The van der Waals surface area contributed by atoms with Crippen molar-refractivity contribution >= 4 is 35.0 Å². The molecule has 0 aliphatic heterocycles. The molecule has 5 heteroatoms. The van der Waals surface area contributed by atoms with E-state index >= 15 is 0 Å². The van der Waals surface area contributed by atoms with Gasteiger partial charge in [0.15, 0.2) is 5.82 Å². The molecule has 1 N–H and O–H groups in total. The van der Waals surface area contributed by atoms with Gasteiger partial charge in [0.2, 0.25) is 0 Å². The van der Waals surface area contributed by atoms with Crippen LogP contribution in [0, 0.1) is 6.92 Å². The van der Waals surface area contributed by atoms with E-state index in [2.05, 4.69) is 10.4 Å². The second-order valence-electron chi connectivity index (χ2n) is 7.25. The maximum absolute atomic E-state index is 13.2. The van der Waals surface area contributed by atoms with Crippen molar-refractivity contribution in [3.63, 3.8) is 0 Å². The first-order valence-corrected chi connectivity index (χ1v) is 10.4. The monoisotopic (exact) mass is 427 g/mol. The molecule has 1 heterocycles. The van der Waals surface area contributed by atoms with Gasteiger partial charge in [-0.05, 0) is 41.8 Å². The zero-order chi connectivity index (χ0) is 21.6. The van der Waals surface area contributed by atoms with Crippen LogP contribution in [0.15, 0.2) is 91.0 Å². The number of amides is 1. The molecule has 0 unspecified atom stereocenters. The van der Waals surface area contributed by atoms with Gasteiger partial charge in [-0.25, -0.2) is 0 Å². The van der Waals surface area contributed by atoms with Crippen LogP contribution in [-0.2, 0) is 11.3 Å². The molecular weight excluding hydrogens is 406 g/mol. The summed E-state index contributed by atoms with van der Waals surface area (Å²) in [6.45, 7) is 2.54. The molecule has 31 heavy (non-hydrogen) atoms. The molecule has 0 spiro atoms. The molecule has 0 fully saturated rings. The van der Waals surface area contributed by atoms with E-state index in [1.165, 1.54) is 0 Å². The third kappa shape index (κ3) is 5.30. The van der Waals surface area contributed by atoms with Gasteiger partial charge in [-0.15, -0.1) is 0 Å². The van der Waals surface area contributed by atoms with Gasteiger partial charge in [0.1, 0.15) is 0 Å². The van der Waals surface area contributed by atoms with Gasteiger partial charge in [0, 0.05) is 22.4 Å². The third-order valence-corrected chi connectivity index (χ3v) is 5.12. The predicted octanol–water partition coefficient (Wildman–Crippen LogP) is 6.07. The number of benzene rings is 3. The van der Waals surface area contributed by atoms with Gasteiger partial charge in [-0.1, -0.05) is 84.4 Å². The lowest BCUT2D eigenvalue weighted by Crippen LogP contribution is -2.14. The normalized spacial score (nSPS) is 11.4. The molecule has 0 radical (unpaired) electrons. The first-order valence-electron chi connectivity index (χ1n) is 10.0. The molecule has 0 aliphatic carbocycles. The molecule has 0 saturated heterocycles. The maximum atomic E-state index is 13.2. The molecule has 0 saturated carbocycles. The second kappa shape index (κ2) is 9.45. The average molecular weight is 428 g/mol. The summed E-state index contributed by atoms with van der Waals surface area (Å²) < 4.78 is 1.85. The van der Waals surface area contributed by atoms with E-state index in [4.69, 9.17) is 11.6 Å². The van der Waals surface area contributed by atoms with Crippen molar-refractivity contribution in [1.82, 2.24) is 9.78 Å². The average Bonchev–Trinajstić information content (AvgIpc) is 3.11. The number of hydrogen-bond donors (Lipinski definition) is 1. The summed E-state index contributed by atoms with van der Waals surface area (Å²) in [4.78, 5) is 13.2. The van der Waals surface area contributed by atoms with Crippen LogP contribution in [0.1, 0.15) is 22.4 Å². The lowest BCUT2D eigenvalue weighted by Gasteiger charge is -2.08. The number of carbonyl (C=O) groups is 1. The predicted molar refractivity (Wildman–Crippen MR) is 127 cm³/mol. The standard InChI is InChI=1S/C26H22ClN3O/c1-19-15-25(29-30(19)18-21-11-8-14-23(27)16-21)28-26(31)24(22-12-6-3-7-13-22)17-20-9-4-2-5-10-20/h2-17H,18H2,1H3,(H,28,29,31)/b24-17-. The number of hydrogen-bond acceptors (Lipinski definition) is 2. The number of aryl methyl sites for hydroxylation is 1. The molecular formula is C26H22ClN3O. The fourth-order valence-electron chi connectivity index (χ4n) is 3.34. The molecule has 1 aromatic heterocycles. The molecule has 3 aromatic carbocycles. The number of nitrogens with one attached hydrogen (secondary N) is 1. The number of halogens is 1. The van der Waals surface area contributed by atoms with Crippen LogP contribution in [0.3, 0.4) is 0 Å². The summed E-state index contributed by atoms with van der Waals surface area (Å²) in [5, 5.41) is 8.22. The van der Waals surface area contributed by atoms with Crippen LogP contribution in [0.2, 0.25) is 5.02 Å². The van der Waals surface area contributed by atoms with Crippen LogP contribution in [0.4, 0.5) is 5.82 Å². The Labute approximate surface area is 186 Å². The van der Waals surface area contributed by atoms with E-state index < -0.39 is 0 Å². The third-order valence-electron chi connectivity index (χ3n) is 4.88. The Bertz CT molecular complexity index is 1210.